The molecule has 3 rings (SSSR count). The number of piperidine rings is 1. The Hall–Kier alpha value is -1.29. The predicted molar refractivity (Wildman–Crippen MR) is 84.4 cm³/mol. The number of anilines is 2. The minimum Gasteiger partial charge on any atom is -0.381 e. The van der Waals surface area contributed by atoms with Gasteiger partial charge in [0.05, 0.1) is 11.9 Å². The molecule has 0 radical (unpaired) electrons. The van der Waals surface area contributed by atoms with Crippen molar-refractivity contribution in [2.75, 3.05) is 42.9 Å². The van der Waals surface area contributed by atoms with E-state index in [0.29, 0.717) is 6.04 Å². The van der Waals surface area contributed by atoms with E-state index in [9.17, 15) is 0 Å². The molecule has 0 unspecified atom stereocenters. The van der Waals surface area contributed by atoms with E-state index in [2.05, 4.69) is 39.2 Å². The van der Waals surface area contributed by atoms with Crippen molar-refractivity contribution in [1.82, 2.24) is 9.88 Å². The van der Waals surface area contributed by atoms with E-state index >= 15 is 0 Å². The molecule has 0 bridgehead atoms. The zero-order chi connectivity index (χ0) is 13.8. The quantitative estimate of drug-likeness (QED) is 0.914. The molecule has 110 valence electrons. The van der Waals surface area contributed by atoms with Crippen molar-refractivity contribution in [2.24, 2.45) is 0 Å². The van der Waals surface area contributed by atoms with Crippen LogP contribution in [0.1, 0.15) is 32.6 Å². The van der Waals surface area contributed by atoms with Gasteiger partial charge in [0.2, 0.25) is 0 Å². The molecule has 1 aromatic heterocycles. The first-order valence-electron chi connectivity index (χ1n) is 8.05. The highest BCUT2D eigenvalue weighted by molar-refractivity contribution is 5.49. The van der Waals surface area contributed by atoms with Crippen molar-refractivity contribution in [3.8, 4) is 0 Å². The number of hydrogen-bond acceptors (Lipinski definition) is 4. The van der Waals surface area contributed by atoms with E-state index in [0.717, 1.165) is 18.9 Å². The van der Waals surface area contributed by atoms with Crippen LogP contribution in [0.5, 0.6) is 0 Å². The molecule has 4 heteroatoms. The van der Waals surface area contributed by atoms with Gasteiger partial charge in [-0.25, -0.2) is 4.98 Å². The summed E-state index contributed by atoms with van der Waals surface area (Å²) in [5.41, 5.74) is 1.17. The smallest absolute Gasteiger partial charge is 0.128 e. The van der Waals surface area contributed by atoms with E-state index in [-0.39, 0.29) is 0 Å². The number of nitrogens with zero attached hydrogens (tertiary/aromatic N) is 3. The summed E-state index contributed by atoms with van der Waals surface area (Å²) in [4.78, 5) is 9.51. The van der Waals surface area contributed by atoms with Crippen LogP contribution in [0, 0.1) is 0 Å². The SMILES string of the molecule is CCN1CCC(Nc2ccc(N3CCCC3)nc2)CC1. The summed E-state index contributed by atoms with van der Waals surface area (Å²) >= 11 is 0. The largest absolute Gasteiger partial charge is 0.381 e. The number of pyridine rings is 1. The lowest BCUT2D eigenvalue weighted by molar-refractivity contribution is 0.229. The second-order valence-corrected chi connectivity index (χ2v) is 5.95. The van der Waals surface area contributed by atoms with E-state index in [4.69, 9.17) is 0 Å². The first kappa shape index (κ1) is 13.7. The van der Waals surface area contributed by atoms with E-state index < -0.39 is 0 Å². The Labute approximate surface area is 122 Å². The normalized spacial score (nSPS) is 21.4. The number of hydrogen-bond donors (Lipinski definition) is 1. The minimum absolute atomic E-state index is 0.609. The second-order valence-electron chi connectivity index (χ2n) is 5.95. The molecule has 2 aliphatic heterocycles. The Balaban J connectivity index is 1.53. The molecular formula is C16H26N4. The summed E-state index contributed by atoms with van der Waals surface area (Å²) < 4.78 is 0. The van der Waals surface area contributed by atoms with Gasteiger partial charge in [-0.2, -0.15) is 0 Å². The Bertz CT molecular complexity index is 403. The highest BCUT2D eigenvalue weighted by Gasteiger charge is 2.18. The lowest BCUT2D eigenvalue weighted by Crippen LogP contribution is -2.38. The van der Waals surface area contributed by atoms with E-state index in [1.807, 2.05) is 6.20 Å². The van der Waals surface area contributed by atoms with Crippen LogP contribution in [0.15, 0.2) is 18.3 Å². The summed E-state index contributed by atoms with van der Waals surface area (Å²) in [6.45, 7) is 8.18. The molecule has 3 heterocycles. The van der Waals surface area contributed by atoms with Crippen molar-refractivity contribution in [3.05, 3.63) is 18.3 Å². The van der Waals surface area contributed by atoms with Crippen LogP contribution in [0.2, 0.25) is 0 Å². The molecule has 0 amide bonds. The monoisotopic (exact) mass is 274 g/mol. The molecule has 4 nitrogen and oxygen atoms in total. The van der Waals surface area contributed by atoms with Crippen LogP contribution in [0.4, 0.5) is 11.5 Å². The van der Waals surface area contributed by atoms with Gasteiger partial charge in [-0.05, 0) is 44.4 Å². The third-order valence-corrected chi connectivity index (χ3v) is 4.58. The lowest BCUT2D eigenvalue weighted by atomic mass is 10.0. The molecule has 0 spiro atoms. The van der Waals surface area contributed by atoms with Gasteiger partial charge in [-0.1, -0.05) is 6.92 Å². The van der Waals surface area contributed by atoms with Gasteiger partial charge in [-0.3, -0.25) is 0 Å². The fourth-order valence-electron chi connectivity index (χ4n) is 3.23. The van der Waals surface area contributed by atoms with Crippen molar-refractivity contribution in [3.63, 3.8) is 0 Å². The van der Waals surface area contributed by atoms with Gasteiger partial charge in [0, 0.05) is 32.2 Å². The Morgan fingerprint density at radius 1 is 1.15 bits per heavy atom. The zero-order valence-electron chi connectivity index (χ0n) is 12.5. The predicted octanol–water partition coefficient (Wildman–Crippen LogP) is 2.58. The number of rotatable bonds is 4. The molecule has 2 fully saturated rings. The topological polar surface area (TPSA) is 31.4 Å². The molecule has 1 aromatic rings. The summed E-state index contributed by atoms with van der Waals surface area (Å²) in [6, 6.07) is 4.96. The second kappa shape index (κ2) is 6.44. The van der Waals surface area contributed by atoms with Gasteiger partial charge in [-0.15, -0.1) is 0 Å². The van der Waals surface area contributed by atoms with Gasteiger partial charge in [0.15, 0.2) is 0 Å². The molecule has 0 atom stereocenters. The van der Waals surface area contributed by atoms with Crippen molar-refractivity contribution >= 4 is 11.5 Å². The van der Waals surface area contributed by atoms with Gasteiger partial charge in [0.1, 0.15) is 5.82 Å². The standard InChI is InChI=1S/C16H26N4/c1-2-19-11-7-14(8-12-19)18-15-5-6-16(17-13-15)20-9-3-4-10-20/h5-6,13-14,18H,2-4,7-12H2,1H3. The molecule has 0 aromatic carbocycles. The number of aromatic nitrogens is 1. The van der Waals surface area contributed by atoms with Crippen LogP contribution >= 0.6 is 0 Å². The van der Waals surface area contributed by atoms with E-state index in [1.165, 1.54) is 51.0 Å². The molecule has 1 N–H and O–H groups in total. The number of nitrogens with one attached hydrogen (secondary N) is 1. The van der Waals surface area contributed by atoms with Gasteiger partial charge < -0.3 is 15.1 Å². The fourth-order valence-corrected chi connectivity index (χ4v) is 3.23. The zero-order valence-corrected chi connectivity index (χ0v) is 12.5. The van der Waals surface area contributed by atoms with Crippen molar-refractivity contribution in [2.45, 2.75) is 38.6 Å². The summed E-state index contributed by atoms with van der Waals surface area (Å²) in [7, 11) is 0. The number of likely N-dealkylation sites (tertiary alicyclic amines) is 1. The first-order valence-corrected chi connectivity index (χ1v) is 8.05. The molecular weight excluding hydrogens is 248 g/mol. The van der Waals surface area contributed by atoms with Crippen LogP contribution in [-0.4, -0.2) is 48.6 Å². The van der Waals surface area contributed by atoms with Crippen molar-refractivity contribution < 1.29 is 0 Å². The molecule has 20 heavy (non-hydrogen) atoms. The minimum atomic E-state index is 0.609. The average molecular weight is 274 g/mol. The Morgan fingerprint density at radius 2 is 1.90 bits per heavy atom. The maximum Gasteiger partial charge on any atom is 0.128 e. The summed E-state index contributed by atoms with van der Waals surface area (Å²) in [5, 5.41) is 3.64. The van der Waals surface area contributed by atoms with Crippen LogP contribution in [0.25, 0.3) is 0 Å². The highest BCUT2D eigenvalue weighted by Crippen LogP contribution is 2.21. The third-order valence-electron chi connectivity index (χ3n) is 4.58. The fraction of sp³-hybridized carbons (Fsp3) is 0.688. The molecule has 0 aliphatic carbocycles. The Kier molecular flexibility index (Phi) is 4.41. The Morgan fingerprint density at radius 3 is 2.50 bits per heavy atom. The van der Waals surface area contributed by atoms with Gasteiger partial charge >= 0.3 is 0 Å². The summed E-state index contributed by atoms with van der Waals surface area (Å²) in [5.74, 6) is 1.13. The van der Waals surface area contributed by atoms with Crippen molar-refractivity contribution in [1.29, 1.82) is 0 Å². The average Bonchev–Trinajstić information content (AvgIpc) is 3.03. The van der Waals surface area contributed by atoms with Gasteiger partial charge in [0.25, 0.3) is 0 Å². The highest BCUT2D eigenvalue weighted by atomic mass is 15.2. The summed E-state index contributed by atoms with van der Waals surface area (Å²) in [6.07, 6.45) is 7.08. The maximum absolute atomic E-state index is 4.61. The van der Waals surface area contributed by atoms with Crippen LogP contribution < -0.4 is 10.2 Å². The van der Waals surface area contributed by atoms with Crippen LogP contribution in [-0.2, 0) is 0 Å². The maximum atomic E-state index is 4.61. The van der Waals surface area contributed by atoms with E-state index in [1.54, 1.807) is 0 Å². The third kappa shape index (κ3) is 3.23. The molecule has 2 saturated heterocycles. The lowest BCUT2D eigenvalue weighted by Gasteiger charge is -2.32. The van der Waals surface area contributed by atoms with Crippen LogP contribution in [0.3, 0.4) is 0 Å². The first-order chi connectivity index (χ1) is 9.85. The molecule has 0 saturated carbocycles. The molecule has 2 aliphatic rings.